The average molecular weight is 497 g/mol. The first kappa shape index (κ1) is 25.3. The van der Waals surface area contributed by atoms with Crippen LogP contribution < -0.4 is 20.4 Å². The summed E-state index contributed by atoms with van der Waals surface area (Å²) in [5, 5.41) is 15.5. The third-order valence-corrected chi connectivity index (χ3v) is 7.55. The Bertz CT molecular complexity index is 1020. The van der Waals surface area contributed by atoms with Crippen LogP contribution in [0.1, 0.15) is 45.1 Å². The normalized spacial score (nSPS) is 17.7. The number of aromatic nitrogens is 2. The second kappa shape index (κ2) is 11.7. The van der Waals surface area contributed by atoms with E-state index in [1.807, 2.05) is 31.2 Å². The third-order valence-electron chi connectivity index (χ3n) is 6.63. The average Bonchev–Trinajstić information content (AvgIpc) is 3.69. The van der Waals surface area contributed by atoms with Gasteiger partial charge in [0.15, 0.2) is 5.82 Å². The second-order valence-corrected chi connectivity index (χ2v) is 10.3. The molecule has 188 valence electrons. The number of nitrogens with one attached hydrogen (secondary N) is 2. The summed E-state index contributed by atoms with van der Waals surface area (Å²) in [7, 11) is 0. The lowest BCUT2D eigenvalue weighted by atomic mass is 9.97. The van der Waals surface area contributed by atoms with Crippen LogP contribution in [-0.2, 0) is 9.59 Å². The van der Waals surface area contributed by atoms with Gasteiger partial charge in [-0.15, -0.1) is 10.2 Å². The predicted octanol–water partition coefficient (Wildman–Crippen LogP) is 3.86. The van der Waals surface area contributed by atoms with Crippen molar-refractivity contribution in [2.24, 2.45) is 5.92 Å². The van der Waals surface area contributed by atoms with Gasteiger partial charge in [-0.25, -0.2) is 0 Å². The molecule has 8 nitrogen and oxygen atoms in total. The highest BCUT2D eigenvalue weighted by Gasteiger charge is 2.31. The number of nitrogens with zero attached hydrogens (tertiary/aromatic N) is 4. The highest BCUT2D eigenvalue weighted by Crippen LogP contribution is 2.26. The Hall–Kier alpha value is -2.81. The minimum absolute atomic E-state index is 0.00781. The largest absolute Gasteiger partial charge is 0.372 e. The summed E-state index contributed by atoms with van der Waals surface area (Å²) < 4.78 is 0. The smallest absolute Gasteiger partial charge is 0.234 e. The molecular weight excluding hydrogens is 460 g/mol. The van der Waals surface area contributed by atoms with E-state index in [2.05, 4.69) is 50.5 Å². The standard InChI is InChI=1S/C26H36N6O2S/c1-4-31(5-2)21-10-11-22(18(3)15-21)28-24(33)17-35-25-13-12-23(29-30-25)32-14-6-7-19(16-32)26(34)27-20-8-9-20/h10-13,15,19-20H,4-9,14,16-17H2,1-3H3,(H,27,34)(H,28,33)/t19-/m0/s1. The summed E-state index contributed by atoms with van der Waals surface area (Å²) in [5.74, 6) is 1.15. The lowest BCUT2D eigenvalue weighted by Gasteiger charge is -2.32. The fourth-order valence-corrected chi connectivity index (χ4v) is 5.02. The molecule has 1 aliphatic carbocycles. The number of amides is 2. The number of hydrogen-bond acceptors (Lipinski definition) is 7. The zero-order valence-electron chi connectivity index (χ0n) is 20.9. The van der Waals surface area contributed by atoms with E-state index in [1.54, 1.807) is 0 Å². The molecule has 4 rings (SSSR count). The molecule has 0 radical (unpaired) electrons. The van der Waals surface area contributed by atoms with E-state index in [0.29, 0.717) is 17.6 Å². The van der Waals surface area contributed by atoms with Gasteiger partial charge in [-0.3, -0.25) is 9.59 Å². The number of hydrogen-bond donors (Lipinski definition) is 2. The van der Waals surface area contributed by atoms with Crippen LogP contribution in [0.3, 0.4) is 0 Å². The summed E-state index contributed by atoms with van der Waals surface area (Å²) in [4.78, 5) is 29.4. The molecule has 9 heteroatoms. The van der Waals surface area contributed by atoms with E-state index in [1.165, 1.54) is 17.4 Å². The van der Waals surface area contributed by atoms with E-state index in [-0.39, 0.29) is 23.5 Å². The lowest BCUT2D eigenvalue weighted by Crippen LogP contribution is -2.44. The van der Waals surface area contributed by atoms with Crippen molar-refractivity contribution in [1.82, 2.24) is 15.5 Å². The molecule has 1 saturated carbocycles. The Morgan fingerprint density at radius 3 is 2.57 bits per heavy atom. The molecule has 1 atom stereocenters. The summed E-state index contributed by atoms with van der Waals surface area (Å²) in [6.07, 6.45) is 4.10. The van der Waals surface area contributed by atoms with Crippen molar-refractivity contribution in [3.05, 3.63) is 35.9 Å². The SMILES string of the molecule is CCN(CC)c1ccc(NC(=O)CSc2ccc(N3CCC[C@H](C(=O)NC4CC4)C3)nn2)c(C)c1. The minimum Gasteiger partial charge on any atom is -0.372 e. The molecule has 0 unspecified atom stereocenters. The third kappa shape index (κ3) is 6.87. The summed E-state index contributed by atoms with van der Waals surface area (Å²) >= 11 is 1.37. The fourth-order valence-electron chi connectivity index (χ4n) is 4.40. The van der Waals surface area contributed by atoms with Crippen molar-refractivity contribution in [2.75, 3.05) is 47.0 Å². The number of thioether (sulfide) groups is 1. The van der Waals surface area contributed by atoms with Crippen molar-refractivity contribution < 1.29 is 9.59 Å². The van der Waals surface area contributed by atoms with Crippen LogP contribution in [0.25, 0.3) is 0 Å². The van der Waals surface area contributed by atoms with E-state index < -0.39 is 0 Å². The number of anilines is 3. The van der Waals surface area contributed by atoms with Crippen molar-refractivity contribution in [3.8, 4) is 0 Å². The minimum atomic E-state index is -0.0693. The van der Waals surface area contributed by atoms with Gasteiger partial charge in [-0.05, 0) is 82.3 Å². The van der Waals surface area contributed by atoms with Crippen molar-refractivity contribution >= 4 is 40.8 Å². The van der Waals surface area contributed by atoms with E-state index in [0.717, 1.165) is 62.4 Å². The molecule has 2 N–H and O–H groups in total. The Morgan fingerprint density at radius 2 is 1.91 bits per heavy atom. The van der Waals surface area contributed by atoms with E-state index in [9.17, 15) is 9.59 Å². The van der Waals surface area contributed by atoms with Crippen LogP contribution in [0.2, 0.25) is 0 Å². The first-order valence-corrected chi connectivity index (χ1v) is 13.6. The first-order valence-electron chi connectivity index (χ1n) is 12.6. The molecule has 0 spiro atoms. The molecule has 1 saturated heterocycles. The molecule has 2 aromatic rings. The van der Waals surface area contributed by atoms with Gasteiger partial charge in [0.1, 0.15) is 5.03 Å². The molecule has 1 aliphatic heterocycles. The van der Waals surface area contributed by atoms with Gasteiger partial charge in [-0.1, -0.05) is 11.8 Å². The summed E-state index contributed by atoms with van der Waals surface area (Å²) in [6, 6.07) is 10.4. The van der Waals surface area contributed by atoms with Crippen LogP contribution in [0, 0.1) is 12.8 Å². The van der Waals surface area contributed by atoms with Crippen molar-refractivity contribution in [1.29, 1.82) is 0 Å². The van der Waals surface area contributed by atoms with Crippen LogP contribution in [-0.4, -0.2) is 60.0 Å². The van der Waals surface area contributed by atoms with Gasteiger partial charge in [-0.2, -0.15) is 0 Å². The number of piperidine rings is 1. The molecule has 35 heavy (non-hydrogen) atoms. The predicted molar refractivity (Wildman–Crippen MR) is 142 cm³/mol. The van der Waals surface area contributed by atoms with Gasteiger partial charge in [0.25, 0.3) is 0 Å². The molecule has 2 aliphatic rings. The van der Waals surface area contributed by atoms with Gasteiger partial charge in [0.05, 0.1) is 11.7 Å². The maximum absolute atomic E-state index is 12.5. The topological polar surface area (TPSA) is 90.5 Å². The van der Waals surface area contributed by atoms with E-state index in [4.69, 9.17) is 0 Å². The van der Waals surface area contributed by atoms with Crippen LogP contribution in [0.5, 0.6) is 0 Å². The Morgan fingerprint density at radius 1 is 1.11 bits per heavy atom. The van der Waals surface area contributed by atoms with Crippen molar-refractivity contribution in [3.63, 3.8) is 0 Å². The molecule has 1 aromatic heterocycles. The van der Waals surface area contributed by atoms with Crippen LogP contribution in [0.15, 0.2) is 35.4 Å². The second-order valence-electron chi connectivity index (χ2n) is 9.31. The molecule has 0 bridgehead atoms. The number of rotatable bonds is 10. The molecular formula is C26H36N6O2S. The molecule has 1 aromatic carbocycles. The Labute approximate surface area is 212 Å². The number of carbonyl (C=O) groups is 2. The molecule has 2 fully saturated rings. The number of benzene rings is 1. The maximum Gasteiger partial charge on any atom is 0.234 e. The van der Waals surface area contributed by atoms with Crippen molar-refractivity contribution in [2.45, 2.75) is 57.5 Å². The first-order chi connectivity index (χ1) is 17.0. The quantitative estimate of drug-likeness (QED) is 0.483. The zero-order chi connectivity index (χ0) is 24.8. The fraction of sp³-hybridized carbons (Fsp3) is 0.538. The van der Waals surface area contributed by atoms with Crippen LogP contribution in [0.4, 0.5) is 17.2 Å². The van der Waals surface area contributed by atoms with Gasteiger partial charge in [0.2, 0.25) is 11.8 Å². The highest BCUT2D eigenvalue weighted by molar-refractivity contribution is 7.99. The monoisotopic (exact) mass is 496 g/mol. The van der Waals surface area contributed by atoms with Gasteiger partial charge < -0.3 is 20.4 Å². The number of aryl methyl sites for hydroxylation is 1. The Balaban J connectivity index is 1.26. The van der Waals surface area contributed by atoms with E-state index >= 15 is 0 Å². The maximum atomic E-state index is 12.5. The highest BCUT2D eigenvalue weighted by atomic mass is 32.2. The lowest BCUT2D eigenvalue weighted by molar-refractivity contribution is -0.125. The molecule has 2 heterocycles. The van der Waals surface area contributed by atoms with Gasteiger partial charge >= 0.3 is 0 Å². The summed E-state index contributed by atoms with van der Waals surface area (Å²) in [6.45, 7) is 9.74. The van der Waals surface area contributed by atoms with Gasteiger partial charge in [0, 0.05) is 43.6 Å². The summed E-state index contributed by atoms with van der Waals surface area (Å²) in [5.41, 5.74) is 3.04. The number of carbonyl (C=O) groups excluding carboxylic acids is 2. The zero-order valence-corrected chi connectivity index (χ0v) is 21.7. The van der Waals surface area contributed by atoms with Crippen LogP contribution >= 0.6 is 11.8 Å². The Kier molecular flexibility index (Phi) is 8.49. The molecule has 2 amide bonds.